The molecule has 1 aliphatic heterocycles. The number of esters is 1. The zero-order chi connectivity index (χ0) is 19.4. The minimum Gasteiger partial charge on any atom is -0.484 e. The van der Waals surface area contributed by atoms with Crippen LogP contribution < -0.4 is 4.74 Å². The molecule has 0 spiro atoms. The number of para-hydroxylation sites is 1. The van der Waals surface area contributed by atoms with Crippen LogP contribution in [0.4, 0.5) is 0 Å². The summed E-state index contributed by atoms with van der Waals surface area (Å²) in [5.41, 5.74) is 1.30. The van der Waals surface area contributed by atoms with E-state index in [2.05, 4.69) is 0 Å². The topological polar surface area (TPSA) is 69.7 Å². The van der Waals surface area contributed by atoms with E-state index in [1.165, 1.54) is 6.92 Å². The minimum atomic E-state index is -0.987. The molecule has 2 aromatic rings. The van der Waals surface area contributed by atoms with Crippen molar-refractivity contribution in [2.45, 2.75) is 26.4 Å². The largest absolute Gasteiger partial charge is 0.484 e. The van der Waals surface area contributed by atoms with Crippen molar-refractivity contribution < 1.29 is 23.9 Å². The van der Waals surface area contributed by atoms with E-state index < -0.39 is 23.9 Å². The summed E-state index contributed by atoms with van der Waals surface area (Å²) < 4.78 is 11.2. The predicted molar refractivity (Wildman–Crippen MR) is 99.5 cm³/mol. The fourth-order valence-corrected chi connectivity index (χ4v) is 3.43. The average molecular weight is 366 g/mol. The van der Waals surface area contributed by atoms with Crippen LogP contribution >= 0.6 is 0 Å². The molecule has 0 aliphatic carbocycles. The van der Waals surface area contributed by atoms with E-state index in [0.717, 1.165) is 5.56 Å². The molecule has 140 valence electrons. The van der Waals surface area contributed by atoms with E-state index in [4.69, 9.17) is 9.47 Å². The van der Waals surface area contributed by atoms with Crippen molar-refractivity contribution in [2.24, 2.45) is 11.8 Å². The van der Waals surface area contributed by atoms with Gasteiger partial charge in [-0.15, -0.1) is 0 Å². The minimum absolute atomic E-state index is 0.0564. The normalized spacial score (nSPS) is 19.6. The monoisotopic (exact) mass is 366 g/mol. The second kappa shape index (κ2) is 8.16. The summed E-state index contributed by atoms with van der Waals surface area (Å²) in [6.07, 6.45) is -0.508. The average Bonchev–Trinajstić information content (AvgIpc) is 2.67. The zero-order valence-electron chi connectivity index (χ0n) is 15.4. The van der Waals surface area contributed by atoms with Crippen LogP contribution in [-0.4, -0.2) is 24.1 Å². The van der Waals surface area contributed by atoms with Gasteiger partial charge in [0.2, 0.25) is 0 Å². The van der Waals surface area contributed by atoms with Gasteiger partial charge in [-0.05, 0) is 38.0 Å². The van der Waals surface area contributed by atoms with Crippen molar-refractivity contribution in [1.29, 1.82) is 0 Å². The molecule has 3 unspecified atom stereocenters. The Morgan fingerprint density at radius 3 is 2.41 bits per heavy atom. The van der Waals surface area contributed by atoms with Crippen LogP contribution in [0, 0.1) is 11.8 Å². The van der Waals surface area contributed by atoms with Gasteiger partial charge < -0.3 is 9.47 Å². The molecule has 5 heteroatoms. The summed E-state index contributed by atoms with van der Waals surface area (Å²) in [6, 6.07) is 16.4. The van der Waals surface area contributed by atoms with E-state index in [1.807, 2.05) is 36.4 Å². The molecule has 0 bridgehead atoms. The van der Waals surface area contributed by atoms with Gasteiger partial charge in [0.15, 0.2) is 5.78 Å². The van der Waals surface area contributed by atoms with Gasteiger partial charge in [-0.3, -0.25) is 14.4 Å². The molecule has 5 nitrogen and oxygen atoms in total. The lowest BCUT2D eigenvalue weighted by molar-refractivity contribution is -0.151. The first-order valence-corrected chi connectivity index (χ1v) is 9.04. The van der Waals surface area contributed by atoms with Crippen LogP contribution in [-0.2, 0) is 14.3 Å². The number of Topliss-reactive ketones (excluding diaryl/α,β-unsaturated/α-hetero) is 2. The van der Waals surface area contributed by atoms with Gasteiger partial charge in [0.25, 0.3) is 0 Å². The van der Waals surface area contributed by atoms with Crippen molar-refractivity contribution >= 4 is 17.5 Å². The molecular weight excluding hydrogens is 344 g/mol. The van der Waals surface area contributed by atoms with E-state index in [1.54, 1.807) is 25.1 Å². The Kier molecular flexibility index (Phi) is 5.69. The molecule has 0 amide bonds. The lowest BCUT2D eigenvalue weighted by Gasteiger charge is -2.34. The predicted octanol–water partition coefficient (Wildman–Crippen LogP) is 3.78. The third-order valence-electron chi connectivity index (χ3n) is 4.79. The summed E-state index contributed by atoms with van der Waals surface area (Å²) in [4.78, 5) is 37.5. The SMILES string of the molecule is CCOC(=O)C(CC1C(=O)c2ccccc2OC1c1ccccc1)C(C)=O. The zero-order valence-corrected chi connectivity index (χ0v) is 15.4. The second-order valence-electron chi connectivity index (χ2n) is 6.57. The summed E-state index contributed by atoms with van der Waals surface area (Å²) >= 11 is 0. The Hall–Kier alpha value is -2.95. The van der Waals surface area contributed by atoms with Gasteiger partial charge in [0.1, 0.15) is 23.6 Å². The van der Waals surface area contributed by atoms with E-state index in [9.17, 15) is 14.4 Å². The quantitative estimate of drug-likeness (QED) is 0.575. The Balaban J connectivity index is 1.99. The lowest BCUT2D eigenvalue weighted by Crippen LogP contribution is -2.36. The first-order chi connectivity index (χ1) is 13.0. The second-order valence-corrected chi connectivity index (χ2v) is 6.57. The fraction of sp³-hybridized carbons (Fsp3) is 0.318. The lowest BCUT2D eigenvalue weighted by atomic mass is 9.79. The number of rotatable bonds is 6. The number of hydrogen-bond acceptors (Lipinski definition) is 5. The summed E-state index contributed by atoms with van der Waals surface area (Å²) in [5.74, 6) is -2.15. The van der Waals surface area contributed by atoms with Crippen LogP contribution in [0.2, 0.25) is 0 Å². The highest BCUT2D eigenvalue weighted by Gasteiger charge is 2.41. The van der Waals surface area contributed by atoms with Gasteiger partial charge in [-0.1, -0.05) is 42.5 Å². The van der Waals surface area contributed by atoms with Crippen molar-refractivity contribution in [3.05, 3.63) is 65.7 Å². The van der Waals surface area contributed by atoms with Crippen LogP contribution in [0.25, 0.3) is 0 Å². The number of carbonyl (C=O) groups is 3. The smallest absolute Gasteiger partial charge is 0.316 e. The maximum Gasteiger partial charge on any atom is 0.316 e. The van der Waals surface area contributed by atoms with E-state index in [-0.39, 0.29) is 24.6 Å². The van der Waals surface area contributed by atoms with Crippen LogP contribution in [0.1, 0.15) is 42.3 Å². The fourth-order valence-electron chi connectivity index (χ4n) is 3.43. The number of ether oxygens (including phenoxy) is 2. The van der Waals surface area contributed by atoms with Gasteiger partial charge in [0, 0.05) is 0 Å². The van der Waals surface area contributed by atoms with Crippen LogP contribution in [0.15, 0.2) is 54.6 Å². The third kappa shape index (κ3) is 3.92. The summed E-state index contributed by atoms with van der Waals surface area (Å²) in [5, 5.41) is 0. The highest BCUT2D eigenvalue weighted by Crippen LogP contribution is 2.41. The molecule has 0 radical (unpaired) electrons. The van der Waals surface area contributed by atoms with Crippen molar-refractivity contribution in [1.82, 2.24) is 0 Å². The Morgan fingerprint density at radius 1 is 1.07 bits per heavy atom. The number of ketones is 2. The standard InChI is InChI=1S/C22H22O5/c1-3-26-22(25)17(14(2)23)13-18-20(24)16-11-7-8-12-19(16)27-21(18)15-9-5-4-6-10-15/h4-12,17-18,21H,3,13H2,1-2H3. The highest BCUT2D eigenvalue weighted by molar-refractivity contribution is 6.03. The molecule has 1 heterocycles. The van der Waals surface area contributed by atoms with Gasteiger partial charge in [0.05, 0.1) is 18.1 Å². The van der Waals surface area contributed by atoms with E-state index >= 15 is 0 Å². The molecular formula is C22H22O5. The third-order valence-corrected chi connectivity index (χ3v) is 4.79. The molecule has 0 saturated carbocycles. The summed E-state index contributed by atoms with van der Waals surface area (Å²) in [6.45, 7) is 3.22. The molecule has 2 aromatic carbocycles. The molecule has 0 saturated heterocycles. The number of fused-ring (bicyclic) bond motifs is 1. The van der Waals surface area contributed by atoms with Crippen LogP contribution in [0.5, 0.6) is 5.75 Å². The molecule has 0 aromatic heterocycles. The van der Waals surface area contributed by atoms with Crippen molar-refractivity contribution in [2.75, 3.05) is 6.61 Å². The maximum absolute atomic E-state index is 13.2. The molecule has 0 N–H and O–H groups in total. The molecule has 0 fully saturated rings. The van der Waals surface area contributed by atoms with Crippen molar-refractivity contribution in [3.8, 4) is 5.75 Å². The molecule has 3 rings (SSSR count). The maximum atomic E-state index is 13.2. The number of carbonyl (C=O) groups excluding carboxylic acids is 3. The van der Waals surface area contributed by atoms with Gasteiger partial charge in [-0.2, -0.15) is 0 Å². The number of benzene rings is 2. The van der Waals surface area contributed by atoms with Gasteiger partial charge >= 0.3 is 5.97 Å². The first-order valence-electron chi connectivity index (χ1n) is 9.04. The van der Waals surface area contributed by atoms with Crippen molar-refractivity contribution in [3.63, 3.8) is 0 Å². The number of hydrogen-bond donors (Lipinski definition) is 0. The highest BCUT2D eigenvalue weighted by atomic mass is 16.5. The Labute approximate surface area is 158 Å². The van der Waals surface area contributed by atoms with E-state index in [0.29, 0.717) is 11.3 Å². The first kappa shape index (κ1) is 18.8. The Morgan fingerprint density at radius 2 is 1.74 bits per heavy atom. The molecule has 27 heavy (non-hydrogen) atoms. The van der Waals surface area contributed by atoms with Crippen LogP contribution in [0.3, 0.4) is 0 Å². The Bertz CT molecular complexity index is 843. The molecule has 1 aliphatic rings. The van der Waals surface area contributed by atoms with Gasteiger partial charge in [-0.25, -0.2) is 0 Å². The molecule has 3 atom stereocenters. The summed E-state index contributed by atoms with van der Waals surface area (Å²) in [7, 11) is 0.